The van der Waals surface area contributed by atoms with Crippen molar-refractivity contribution < 1.29 is 14.3 Å². The van der Waals surface area contributed by atoms with Gasteiger partial charge in [-0.3, -0.25) is 4.79 Å². The third-order valence-electron chi connectivity index (χ3n) is 4.89. The van der Waals surface area contributed by atoms with E-state index in [0.717, 1.165) is 28.2 Å². The fraction of sp³-hybridized carbons (Fsp3) is 0.269. The van der Waals surface area contributed by atoms with Gasteiger partial charge in [-0.15, -0.1) is 0 Å². The molecule has 0 aliphatic carbocycles. The minimum Gasteiger partial charge on any atom is -0.496 e. The van der Waals surface area contributed by atoms with Gasteiger partial charge in [0.05, 0.1) is 13.2 Å². The first-order valence-electron chi connectivity index (χ1n) is 10.3. The molecule has 0 fully saturated rings. The summed E-state index contributed by atoms with van der Waals surface area (Å²) in [6.07, 6.45) is 0.446. The molecule has 4 heteroatoms. The van der Waals surface area contributed by atoms with Crippen LogP contribution in [0.25, 0.3) is 0 Å². The summed E-state index contributed by atoms with van der Waals surface area (Å²) in [7, 11) is 1.66. The largest absolute Gasteiger partial charge is 0.496 e. The average molecular weight is 404 g/mol. The highest BCUT2D eigenvalue weighted by atomic mass is 16.5. The summed E-state index contributed by atoms with van der Waals surface area (Å²) in [6, 6.07) is 25.8. The normalized spacial score (nSPS) is 11.7. The summed E-state index contributed by atoms with van der Waals surface area (Å²) in [6.45, 7) is 4.52. The lowest BCUT2D eigenvalue weighted by molar-refractivity contribution is -0.121. The minimum atomic E-state index is -0.120. The van der Waals surface area contributed by atoms with Gasteiger partial charge in [-0.2, -0.15) is 0 Å². The Morgan fingerprint density at radius 3 is 2.23 bits per heavy atom. The highest BCUT2D eigenvalue weighted by molar-refractivity contribution is 5.77. The smallest absolute Gasteiger partial charge is 0.221 e. The Hall–Kier alpha value is -3.27. The van der Waals surface area contributed by atoms with Crippen LogP contribution in [0, 0.1) is 0 Å². The van der Waals surface area contributed by atoms with E-state index >= 15 is 0 Å². The SMILES string of the molecule is COc1ccccc1C(CC(=O)NCc1ccccc1)c1ccc(OC(C)C)cc1. The number of ether oxygens (including phenoxy) is 2. The quantitative estimate of drug-likeness (QED) is 0.526. The van der Waals surface area contributed by atoms with E-state index in [9.17, 15) is 4.79 Å². The summed E-state index contributed by atoms with van der Waals surface area (Å²) in [5.74, 6) is 1.48. The maximum absolute atomic E-state index is 12.8. The van der Waals surface area contributed by atoms with E-state index in [1.807, 2.05) is 92.7 Å². The average Bonchev–Trinajstić information content (AvgIpc) is 2.77. The van der Waals surface area contributed by atoms with Gasteiger partial charge in [0.25, 0.3) is 0 Å². The van der Waals surface area contributed by atoms with Gasteiger partial charge in [0.2, 0.25) is 5.91 Å². The first-order valence-corrected chi connectivity index (χ1v) is 10.3. The highest BCUT2D eigenvalue weighted by Crippen LogP contribution is 2.35. The number of carbonyl (C=O) groups is 1. The molecule has 0 aliphatic heterocycles. The Balaban J connectivity index is 1.81. The predicted molar refractivity (Wildman–Crippen MR) is 120 cm³/mol. The Kier molecular flexibility index (Phi) is 7.50. The molecule has 0 aliphatic rings. The summed E-state index contributed by atoms with van der Waals surface area (Å²) in [5, 5.41) is 3.04. The molecule has 1 N–H and O–H groups in total. The van der Waals surface area contributed by atoms with Crippen LogP contribution in [0.4, 0.5) is 0 Å². The minimum absolute atomic E-state index is 0.00253. The van der Waals surface area contributed by atoms with Crippen molar-refractivity contribution in [3.8, 4) is 11.5 Å². The zero-order chi connectivity index (χ0) is 21.3. The highest BCUT2D eigenvalue weighted by Gasteiger charge is 2.21. The van der Waals surface area contributed by atoms with Crippen LogP contribution in [0.3, 0.4) is 0 Å². The Morgan fingerprint density at radius 1 is 0.900 bits per heavy atom. The Morgan fingerprint density at radius 2 is 1.57 bits per heavy atom. The molecule has 1 unspecified atom stereocenters. The van der Waals surface area contributed by atoms with E-state index in [4.69, 9.17) is 9.47 Å². The van der Waals surface area contributed by atoms with Crippen LogP contribution in [-0.2, 0) is 11.3 Å². The number of para-hydroxylation sites is 1. The Bertz CT molecular complexity index is 936. The molecular weight excluding hydrogens is 374 g/mol. The first kappa shape index (κ1) is 21.4. The molecule has 1 atom stereocenters. The van der Waals surface area contributed by atoms with Gasteiger partial charge in [0, 0.05) is 24.4 Å². The number of rotatable bonds is 9. The summed E-state index contributed by atoms with van der Waals surface area (Å²) >= 11 is 0. The van der Waals surface area contributed by atoms with Gasteiger partial charge in [0.1, 0.15) is 11.5 Å². The molecule has 0 aromatic heterocycles. The zero-order valence-electron chi connectivity index (χ0n) is 17.8. The molecule has 0 radical (unpaired) electrons. The number of hydrogen-bond acceptors (Lipinski definition) is 3. The van der Waals surface area contributed by atoms with Gasteiger partial charge in [-0.1, -0.05) is 60.7 Å². The van der Waals surface area contributed by atoms with E-state index in [0.29, 0.717) is 13.0 Å². The fourth-order valence-electron chi connectivity index (χ4n) is 3.47. The van der Waals surface area contributed by atoms with Crippen LogP contribution in [-0.4, -0.2) is 19.1 Å². The summed E-state index contributed by atoms with van der Waals surface area (Å²) in [4.78, 5) is 12.8. The van der Waals surface area contributed by atoms with Crippen molar-refractivity contribution in [3.05, 3.63) is 95.6 Å². The molecule has 1 amide bonds. The predicted octanol–water partition coefficient (Wildman–Crippen LogP) is 5.32. The lowest BCUT2D eigenvalue weighted by Crippen LogP contribution is -2.25. The molecule has 0 saturated heterocycles. The van der Waals surface area contributed by atoms with Gasteiger partial charge in [-0.05, 0) is 43.2 Å². The van der Waals surface area contributed by atoms with Crippen molar-refractivity contribution in [2.75, 3.05) is 7.11 Å². The second kappa shape index (κ2) is 10.5. The number of hydrogen-bond donors (Lipinski definition) is 1. The summed E-state index contributed by atoms with van der Waals surface area (Å²) in [5.41, 5.74) is 3.12. The maximum atomic E-state index is 12.8. The van der Waals surface area contributed by atoms with Gasteiger partial charge < -0.3 is 14.8 Å². The zero-order valence-corrected chi connectivity index (χ0v) is 17.8. The van der Waals surface area contributed by atoms with Crippen LogP contribution < -0.4 is 14.8 Å². The molecule has 4 nitrogen and oxygen atoms in total. The number of methoxy groups -OCH3 is 1. The van der Waals surface area contributed by atoms with Crippen LogP contribution in [0.15, 0.2) is 78.9 Å². The molecule has 0 spiro atoms. The number of nitrogens with one attached hydrogen (secondary N) is 1. The van der Waals surface area contributed by atoms with E-state index in [-0.39, 0.29) is 17.9 Å². The van der Waals surface area contributed by atoms with Crippen molar-refractivity contribution in [3.63, 3.8) is 0 Å². The molecule has 0 bridgehead atoms. The molecule has 3 aromatic rings. The number of amides is 1. The van der Waals surface area contributed by atoms with Gasteiger partial charge >= 0.3 is 0 Å². The van der Waals surface area contributed by atoms with Crippen molar-refractivity contribution in [2.24, 2.45) is 0 Å². The number of carbonyl (C=O) groups excluding carboxylic acids is 1. The molecule has 3 aromatic carbocycles. The van der Waals surface area contributed by atoms with Crippen LogP contribution in [0.2, 0.25) is 0 Å². The van der Waals surface area contributed by atoms with Crippen LogP contribution in [0.1, 0.15) is 42.9 Å². The van der Waals surface area contributed by atoms with Crippen molar-refractivity contribution >= 4 is 5.91 Å². The maximum Gasteiger partial charge on any atom is 0.221 e. The van der Waals surface area contributed by atoms with Crippen molar-refractivity contribution in [1.82, 2.24) is 5.32 Å². The lowest BCUT2D eigenvalue weighted by atomic mass is 9.87. The summed E-state index contributed by atoms with van der Waals surface area (Å²) < 4.78 is 11.3. The molecule has 0 saturated carbocycles. The van der Waals surface area contributed by atoms with Crippen molar-refractivity contribution in [1.29, 1.82) is 0 Å². The van der Waals surface area contributed by atoms with E-state index in [1.54, 1.807) is 7.11 Å². The topological polar surface area (TPSA) is 47.6 Å². The second-order valence-corrected chi connectivity index (χ2v) is 7.50. The van der Waals surface area contributed by atoms with E-state index < -0.39 is 0 Å². The molecule has 3 rings (SSSR count). The monoisotopic (exact) mass is 403 g/mol. The van der Waals surface area contributed by atoms with Crippen molar-refractivity contribution in [2.45, 2.75) is 38.8 Å². The molecule has 0 heterocycles. The number of benzene rings is 3. The van der Waals surface area contributed by atoms with Crippen LogP contribution in [0.5, 0.6) is 11.5 Å². The first-order chi connectivity index (χ1) is 14.6. The van der Waals surface area contributed by atoms with Crippen LogP contribution >= 0.6 is 0 Å². The van der Waals surface area contributed by atoms with E-state index in [2.05, 4.69) is 5.32 Å². The van der Waals surface area contributed by atoms with E-state index in [1.165, 1.54) is 0 Å². The van der Waals surface area contributed by atoms with Gasteiger partial charge in [0.15, 0.2) is 0 Å². The van der Waals surface area contributed by atoms with Gasteiger partial charge in [-0.25, -0.2) is 0 Å². The third-order valence-corrected chi connectivity index (χ3v) is 4.89. The fourth-order valence-corrected chi connectivity index (χ4v) is 3.47. The second-order valence-electron chi connectivity index (χ2n) is 7.50. The molecule has 30 heavy (non-hydrogen) atoms. The molecule has 156 valence electrons. The molecular formula is C26H29NO3. The third kappa shape index (κ3) is 5.86. The standard InChI is InChI=1S/C26H29NO3/c1-19(2)30-22-15-13-21(14-16-22)24(23-11-7-8-12-25(23)29-3)17-26(28)27-18-20-9-5-4-6-10-20/h4-16,19,24H,17-18H2,1-3H3,(H,27,28). The lowest BCUT2D eigenvalue weighted by Gasteiger charge is -2.21. The Labute approximate surface area is 178 Å².